The Hall–Kier alpha value is -0.560. The molecule has 2 atom stereocenters. The summed E-state index contributed by atoms with van der Waals surface area (Å²) in [6.45, 7) is 11.4. The first kappa shape index (κ1) is 14.5. The van der Waals surface area contributed by atoms with Gasteiger partial charge in [-0.05, 0) is 26.4 Å². The molecular weight excluding hydrogens is 212 g/mol. The number of hydrogen-bond acceptors (Lipinski definition) is 3. The van der Waals surface area contributed by atoms with Gasteiger partial charge in [0.25, 0.3) is 0 Å². The Morgan fingerprint density at radius 2 is 2.29 bits per heavy atom. The quantitative estimate of drug-likeness (QED) is 0.710. The van der Waals surface area contributed by atoms with E-state index < -0.39 is 0 Å². The van der Waals surface area contributed by atoms with E-state index in [1.54, 1.807) is 0 Å². The summed E-state index contributed by atoms with van der Waals surface area (Å²) in [5.41, 5.74) is 0. The maximum absolute atomic E-state index is 5.90. The molecule has 1 N–H and O–H groups in total. The average molecular weight is 238 g/mol. The Morgan fingerprint density at radius 3 is 2.94 bits per heavy atom. The van der Waals surface area contributed by atoms with E-state index in [4.69, 9.17) is 4.74 Å². The molecular formula is C14H26N2O. The number of nitrogens with one attached hydrogen (secondary N) is 1. The van der Waals surface area contributed by atoms with E-state index >= 15 is 0 Å². The summed E-state index contributed by atoms with van der Waals surface area (Å²) >= 11 is 0. The third-order valence-electron chi connectivity index (χ3n) is 3.30. The van der Waals surface area contributed by atoms with Gasteiger partial charge in [0.1, 0.15) is 0 Å². The van der Waals surface area contributed by atoms with Crippen LogP contribution in [0.1, 0.15) is 33.6 Å². The summed E-state index contributed by atoms with van der Waals surface area (Å²) in [6.07, 6.45) is 2.36. The predicted molar refractivity (Wildman–Crippen MR) is 72.0 cm³/mol. The van der Waals surface area contributed by atoms with Crippen molar-refractivity contribution in [2.45, 2.75) is 45.8 Å². The number of hydrogen-bond donors (Lipinski definition) is 1. The number of nitrogens with zero attached hydrogens (tertiary/aromatic N) is 1. The second-order valence-corrected chi connectivity index (χ2v) is 4.43. The van der Waals surface area contributed by atoms with Gasteiger partial charge in [0.05, 0.1) is 12.7 Å². The van der Waals surface area contributed by atoms with E-state index in [1.807, 2.05) is 6.92 Å². The first-order valence-corrected chi connectivity index (χ1v) is 6.78. The molecule has 0 amide bonds. The van der Waals surface area contributed by atoms with Crippen LogP contribution in [-0.4, -0.2) is 49.8 Å². The number of rotatable bonds is 6. The minimum atomic E-state index is 0.322. The van der Waals surface area contributed by atoms with Gasteiger partial charge in [0.15, 0.2) is 0 Å². The largest absolute Gasteiger partial charge is 0.374 e. The van der Waals surface area contributed by atoms with Crippen LogP contribution in [0.4, 0.5) is 0 Å². The van der Waals surface area contributed by atoms with Gasteiger partial charge in [-0.2, -0.15) is 0 Å². The van der Waals surface area contributed by atoms with Crippen molar-refractivity contribution in [3.05, 3.63) is 0 Å². The van der Waals surface area contributed by atoms with Gasteiger partial charge in [0, 0.05) is 25.6 Å². The maximum Gasteiger partial charge on any atom is 0.0855 e. The second kappa shape index (κ2) is 8.52. The van der Waals surface area contributed by atoms with Gasteiger partial charge in [-0.3, -0.25) is 4.90 Å². The Labute approximate surface area is 106 Å². The molecule has 0 radical (unpaired) electrons. The van der Waals surface area contributed by atoms with Crippen molar-refractivity contribution < 1.29 is 4.74 Å². The molecule has 3 nitrogen and oxygen atoms in total. The molecule has 1 fully saturated rings. The highest BCUT2D eigenvalue weighted by atomic mass is 16.5. The van der Waals surface area contributed by atoms with Crippen LogP contribution in [0.25, 0.3) is 0 Å². The molecule has 1 saturated heterocycles. The fraction of sp³-hybridized carbons (Fsp3) is 0.857. The van der Waals surface area contributed by atoms with Gasteiger partial charge >= 0.3 is 0 Å². The summed E-state index contributed by atoms with van der Waals surface area (Å²) in [7, 11) is 0. The third-order valence-corrected chi connectivity index (χ3v) is 3.30. The molecule has 1 heterocycles. The van der Waals surface area contributed by atoms with Gasteiger partial charge in [-0.1, -0.05) is 13.8 Å². The van der Waals surface area contributed by atoms with Crippen LogP contribution < -0.4 is 5.32 Å². The highest BCUT2D eigenvalue weighted by Crippen LogP contribution is 2.12. The molecule has 1 rings (SSSR count). The lowest BCUT2D eigenvalue weighted by molar-refractivity contribution is -0.0456. The lowest BCUT2D eigenvalue weighted by Gasteiger charge is -2.36. The fourth-order valence-corrected chi connectivity index (χ4v) is 2.30. The summed E-state index contributed by atoms with van der Waals surface area (Å²) in [5.74, 6) is 6.10. The molecule has 1 aliphatic rings. The highest BCUT2D eigenvalue weighted by molar-refractivity contribution is 4.96. The molecule has 17 heavy (non-hydrogen) atoms. The minimum absolute atomic E-state index is 0.322. The summed E-state index contributed by atoms with van der Waals surface area (Å²) < 4.78 is 5.90. The van der Waals surface area contributed by atoms with Crippen molar-refractivity contribution in [1.82, 2.24) is 10.2 Å². The molecule has 0 aromatic carbocycles. The molecule has 0 saturated carbocycles. The van der Waals surface area contributed by atoms with E-state index in [0.717, 1.165) is 45.6 Å². The zero-order chi connectivity index (χ0) is 12.5. The van der Waals surface area contributed by atoms with Crippen LogP contribution in [0.3, 0.4) is 0 Å². The Bertz CT molecular complexity index is 257. The van der Waals surface area contributed by atoms with Crippen molar-refractivity contribution in [2.75, 3.05) is 32.8 Å². The summed E-state index contributed by atoms with van der Waals surface area (Å²) in [6, 6.07) is 0.440. The maximum atomic E-state index is 5.90. The molecule has 2 unspecified atom stereocenters. The van der Waals surface area contributed by atoms with E-state index in [2.05, 4.69) is 35.9 Å². The first-order chi connectivity index (χ1) is 8.31. The number of morpholine rings is 1. The van der Waals surface area contributed by atoms with Crippen molar-refractivity contribution in [3.8, 4) is 11.8 Å². The van der Waals surface area contributed by atoms with E-state index in [9.17, 15) is 0 Å². The zero-order valence-electron chi connectivity index (χ0n) is 11.5. The Kier molecular flexibility index (Phi) is 7.27. The zero-order valence-corrected chi connectivity index (χ0v) is 11.5. The van der Waals surface area contributed by atoms with Crippen LogP contribution in [-0.2, 0) is 4.74 Å². The van der Waals surface area contributed by atoms with Gasteiger partial charge in [-0.25, -0.2) is 0 Å². The molecule has 0 spiro atoms. The van der Waals surface area contributed by atoms with Crippen molar-refractivity contribution in [1.29, 1.82) is 0 Å². The third kappa shape index (κ3) is 5.08. The molecule has 98 valence electrons. The number of ether oxygens (including phenoxy) is 1. The minimum Gasteiger partial charge on any atom is -0.374 e. The molecule has 0 aliphatic carbocycles. The molecule has 0 bridgehead atoms. The van der Waals surface area contributed by atoms with Crippen LogP contribution in [0, 0.1) is 11.8 Å². The molecule has 0 aromatic rings. The smallest absolute Gasteiger partial charge is 0.0855 e. The van der Waals surface area contributed by atoms with Gasteiger partial charge in [0.2, 0.25) is 0 Å². The molecule has 3 heteroatoms. The lowest BCUT2D eigenvalue weighted by Crippen LogP contribution is -2.52. The Balaban J connectivity index is 2.45. The normalized spacial score (nSPS) is 22.9. The molecule has 0 aromatic heterocycles. The second-order valence-electron chi connectivity index (χ2n) is 4.43. The monoisotopic (exact) mass is 238 g/mol. The lowest BCUT2D eigenvalue weighted by atomic mass is 10.0. The SMILES string of the molecule is CC#CCCC(NCC)C1CN(CC)CCO1. The fourth-order valence-electron chi connectivity index (χ4n) is 2.30. The van der Waals surface area contributed by atoms with Crippen LogP contribution in [0.15, 0.2) is 0 Å². The van der Waals surface area contributed by atoms with Crippen LogP contribution >= 0.6 is 0 Å². The highest BCUT2D eigenvalue weighted by Gasteiger charge is 2.26. The van der Waals surface area contributed by atoms with E-state index in [-0.39, 0.29) is 0 Å². The predicted octanol–water partition coefficient (Wildman–Crippen LogP) is 1.49. The summed E-state index contributed by atoms with van der Waals surface area (Å²) in [4.78, 5) is 2.46. The van der Waals surface area contributed by atoms with E-state index in [1.165, 1.54) is 0 Å². The van der Waals surface area contributed by atoms with Gasteiger partial charge < -0.3 is 10.1 Å². The van der Waals surface area contributed by atoms with Crippen molar-refractivity contribution >= 4 is 0 Å². The topological polar surface area (TPSA) is 24.5 Å². The van der Waals surface area contributed by atoms with Gasteiger partial charge in [-0.15, -0.1) is 11.8 Å². The number of likely N-dealkylation sites (N-methyl/N-ethyl adjacent to an activating group) is 2. The first-order valence-electron chi connectivity index (χ1n) is 6.78. The van der Waals surface area contributed by atoms with Crippen LogP contribution in [0.2, 0.25) is 0 Å². The average Bonchev–Trinajstić information content (AvgIpc) is 2.38. The Morgan fingerprint density at radius 1 is 1.47 bits per heavy atom. The van der Waals surface area contributed by atoms with Crippen molar-refractivity contribution in [2.24, 2.45) is 0 Å². The van der Waals surface area contributed by atoms with E-state index in [0.29, 0.717) is 12.1 Å². The van der Waals surface area contributed by atoms with Crippen LogP contribution in [0.5, 0.6) is 0 Å². The molecule has 1 aliphatic heterocycles. The standard InChI is InChI=1S/C14H26N2O/c1-4-7-8-9-13(15-5-2)14-12-16(6-3)10-11-17-14/h13-15H,5-6,8-12H2,1-3H3. The van der Waals surface area contributed by atoms with Crippen molar-refractivity contribution in [3.63, 3.8) is 0 Å². The summed E-state index contributed by atoms with van der Waals surface area (Å²) in [5, 5.41) is 3.54.